The van der Waals surface area contributed by atoms with Crippen molar-refractivity contribution < 1.29 is 27.8 Å². The van der Waals surface area contributed by atoms with Crippen LogP contribution in [-0.2, 0) is 23.9 Å². The monoisotopic (exact) mass is 604 g/mol. The summed E-state index contributed by atoms with van der Waals surface area (Å²) in [6, 6.07) is 1.99. The van der Waals surface area contributed by atoms with Gasteiger partial charge in [0.05, 0.1) is 18.1 Å². The normalized spacial score (nSPS) is 39.8. The first-order valence-corrected chi connectivity index (χ1v) is 18.1. The van der Waals surface area contributed by atoms with E-state index in [1.54, 1.807) is 18.1 Å². The van der Waals surface area contributed by atoms with Gasteiger partial charge in [0.2, 0.25) is 0 Å². The molecule has 1 aromatic heterocycles. The van der Waals surface area contributed by atoms with E-state index in [0.29, 0.717) is 38.7 Å². The van der Waals surface area contributed by atoms with Gasteiger partial charge in [0.25, 0.3) is 0 Å². The lowest BCUT2D eigenvalue weighted by Gasteiger charge is -2.59. The molecule has 0 aromatic carbocycles. The average molecular weight is 605 g/mol. The van der Waals surface area contributed by atoms with Crippen LogP contribution >= 0.6 is 0 Å². The van der Waals surface area contributed by atoms with Crippen molar-refractivity contribution in [3.8, 4) is 0 Å². The van der Waals surface area contributed by atoms with Crippen LogP contribution in [0, 0.1) is 40.4 Å². The van der Waals surface area contributed by atoms with Gasteiger partial charge in [-0.2, -0.15) is 0 Å². The van der Waals surface area contributed by atoms with Crippen LogP contribution in [-0.4, -0.2) is 44.9 Å². The zero-order chi connectivity index (χ0) is 29.4. The quantitative estimate of drug-likeness (QED) is 0.193. The predicted octanol–water partition coefficient (Wildman–Crippen LogP) is 5.50. The molecule has 8 heteroatoms. The Hall–Kier alpha value is -0.746. The Morgan fingerprint density at radius 1 is 0.976 bits per heavy atom. The topological polar surface area (TPSA) is 70.3 Å². The van der Waals surface area contributed by atoms with E-state index in [9.17, 15) is 5.11 Å². The van der Waals surface area contributed by atoms with E-state index in [4.69, 9.17) is 22.7 Å². The molecule has 41 heavy (non-hydrogen) atoms. The third kappa shape index (κ3) is 5.64. The molecule has 0 radical (unpaired) electrons. The molecule has 5 rings (SSSR count). The molecule has 0 amide bonds. The van der Waals surface area contributed by atoms with Gasteiger partial charge in [-0.1, -0.05) is 46.3 Å². The first-order valence-electron chi connectivity index (χ1n) is 16.5. The fraction of sp³-hybridized carbons (Fsp3) is 0.818. The third-order valence-electron chi connectivity index (χ3n) is 12.3. The van der Waals surface area contributed by atoms with Gasteiger partial charge in [0, 0.05) is 16.9 Å². The molecule has 4 aliphatic rings. The summed E-state index contributed by atoms with van der Waals surface area (Å²) in [6.07, 6.45) is 17.4. The number of furan rings is 1. The van der Waals surface area contributed by atoms with Gasteiger partial charge in [-0.3, -0.25) is 0 Å². The molecule has 0 bridgehead atoms. The molecule has 10 atom stereocenters. The van der Waals surface area contributed by atoms with Crippen LogP contribution in [0.5, 0.6) is 0 Å². The molecule has 0 aliphatic heterocycles. The van der Waals surface area contributed by atoms with Gasteiger partial charge in [0.1, 0.15) is 33.6 Å². The van der Waals surface area contributed by atoms with Crippen molar-refractivity contribution in [1.82, 2.24) is 0 Å². The average Bonchev–Trinajstić information content (AvgIpc) is 3.61. The maximum Gasteiger partial charge on any atom is 0.166 e. The van der Waals surface area contributed by atoms with Crippen LogP contribution in [0.3, 0.4) is 0 Å². The maximum atomic E-state index is 12.0. The number of aliphatic hydroxyl groups is 1. The lowest BCUT2D eigenvalue weighted by molar-refractivity contribution is -0.281. The van der Waals surface area contributed by atoms with Gasteiger partial charge in [0.15, 0.2) is 6.29 Å². The number of fused-ring (bicyclic) bond motifs is 5. The summed E-state index contributed by atoms with van der Waals surface area (Å²) >= 11 is 0. The SMILES string of the molecule is CCC(O[SiH3])OC(OC(CC)O[SiH3])C(C)CC1C=C2CC[C@@H]3[C@@H](CC[C@@]4(C)[C@H]3CCC4(O)c3ccoc3)[C@@]2(C)CC1. The lowest BCUT2D eigenvalue weighted by Crippen LogP contribution is -2.53. The van der Waals surface area contributed by atoms with E-state index in [1.165, 1.54) is 32.1 Å². The Bertz CT molecular complexity index is 1010. The zero-order valence-electron chi connectivity index (χ0n) is 26.7. The number of hydrogen-bond acceptors (Lipinski definition) is 6. The molecule has 0 spiro atoms. The van der Waals surface area contributed by atoms with E-state index >= 15 is 0 Å². The summed E-state index contributed by atoms with van der Waals surface area (Å²) in [7, 11) is 1.30. The first kappa shape index (κ1) is 31.7. The zero-order valence-corrected chi connectivity index (χ0v) is 30.7. The lowest BCUT2D eigenvalue weighted by atomic mass is 9.46. The highest BCUT2D eigenvalue weighted by atomic mass is 28.2. The van der Waals surface area contributed by atoms with Crippen LogP contribution in [0.1, 0.15) is 111 Å². The van der Waals surface area contributed by atoms with Crippen molar-refractivity contribution in [2.75, 3.05) is 0 Å². The van der Waals surface area contributed by atoms with E-state index in [-0.39, 0.29) is 35.6 Å². The number of ether oxygens (including phenoxy) is 2. The van der Waals surface area contributed by atoms with E-state index < -0.39 is 5.60 Å². The van der Waals surface area contributed by atoms with Crippen molar-refractivity contribution in [3.63, 3.8) is 0 Å². The fourth-order valence-electron chi connectivity index (χ4n) is 9.80. The standard InChI is InChI=1S/C33H56O6Si2/c1-6-28(38-40)36-30(37-29(7-2)39-41)21(3)18-22-10-14-31(4)23(19-22)8-9-25-26(31)11-15-32(5)27(25)12-16-33(32,34)24-13-17-35-20-24/h13,17,19-22,25-30,34H,6-12,14-16,18H2,1-5,40-41H3/t21?,22?,25-,26-,27+,28?,29?,30?,31+,32+,33?/m1/s1. The largest absolute Gasteiger partial charge is 0.472 e. The van der Waals surface area contributed by atoms with Crippen molar-refractivity contribution in [2.24, 2.45) is 40.4 Å². The van der Waals surface area contributed by atoms with Crippen LogP contribution < -0.4 is 0 Å². The van der Waals surface area contributed by atoms with E-state index in [2.05, 4.69) is 40.7 Å². The van der Waals surface area contributed by atoms with Crippen molar-refractivity contribution >= 4 is 21.0 Å². The summed E-state index contributed by atoms with van der Waals surface area (Å²) in [6.45, 7) is 11.4. The van der Waals surface area contributed by atoms with Crippen molar-refractivity contribution in [2.45, 2.75) is 130 Å². The molecule has 1 heterocycles. The van der Waals surface area contributed by atoms with E-state index in [0.717, 1.165) is 50.0 Å². The van der Waals surface area contributed by atoms with Crippen LogP contribution in [0.25, 0.3) is 0 Å². The molecule has 4 aliphatic carbocycles. The number of rotatable bonds is 12. The molecule has 6 nitrogen and oxygen atoms in total. The minimum absolute atomic E-state index is 0.0701. The Labute approximate surface area is 254 Å². The molecule has 3 saturated carbocycles. The molecule has 5 unspecified atom stereocenters. The third-order valence-corrected chi connectivity index (χ3v) is 13.3. The minimum atomic E-state index is -0.759. The smallest absolute Gasteiger partial charge is 0.166 e. The Morgan fingerprint density at radius 2 is 1.66 bits per heavy atom. The second-order valence-electron chi connectivity index (χ2n) is 14.2. The summed E-state index contributed by atoms with van der Waals surface area (Å²) in [5, 5.41) is 12.0. The van der Waals surface area contributed by atoms with Gasteiger partial charge in [-0.15, -0.1) is 0 Å². The van der Waals surface area contributed by atoms with Gasteiger partial charge in [-0.25, -0.2) is 0 Å². The molecule has 0 saturated heterocycles. The second-order valence-corrected chi connectivity index (χ2v) is 15.1. The van der Waals surface area contributed by atoms with Gasteiger partial charge < -0.3 is 27.8 Å². The highest BCUT2D eigenvalue weighted by Crippen LogP contribution is 2.69. The van der Waals surface area contributed by atoms with E-state index in [1.807, 2.05) is 6.07 Å². The number of hydrogen-bond donors (Lipinski definition) is 1. The Morgan fingerprint density at radius 3 is 2.27 bits per heavy atom. The second kappa shape index (κ2) is 12.7. The van der Waals surface area contributed by atoms with Crippen LogP contribution in [0.2, 0.25) is 0 Å². The van der Waals surface area contributed by atoms with Crippen molar-refractivity contribution in [3.05, 3.63) is 35.8 Å². The van der Waals surface area contributed by atoms with Crippen LogP contribution in [0.15, 0.2) is 34.7 Å². The summed E-state index contributed by atoms with van der Waals surface area (Å²) in [5.74, 6) is 2.81. The minimum Gasteiger partial charge on any atom is -0.472 e. The molecular formula is C33H56O6Si2. The Balaban J connectivity index is 1.29. The summed E-state index contributed by atoms with van der Waals surface area (Å²) < 4.78 is 29.5. The molecule has 1 N–H and O–H groups in total. The summed E-state index contributed by atoms with van der Waals surface area (Å²) in [4.78, 5) is 0. The predicted molar refractivity (Wildman–Crippen MR) is 168 cm³/mol. The van der Waals surface area contributed by atoms with Gasteiger partial charge >= 0.3 is 0 Å². The summed E-state index contributed by atoms with van der Waals surface area (Å²) in [5.41, 5.74) is 2.15. The molecule has 1 aromatic rings. The van der Waals surface area contributed by atoms with Crippen molar-refractivity contribution in [1.29, 1.82) is 0 Å². The maximum absolute atomic E-state index is 12.0. The highest BCUT2D eigenvalue weighted by molar-refractivity contribution is 5.98. The Kier molecular flexibility index (Phi) is 9.81. The molecule has 232 valence electrons. The first-order chi connectivity index (χ1) is 19.6. The molecular weight excluding hydrogens is 549 g/mol. The van der Waals surface area contributed by atoms with Crippen LogP contribution in [0.4, 0.5) is 0 Å². The number of allylic oxidation sites excluding steroid dienone is 2. The molecule has 3 fully saturated rings. The van der Waals surface area contributed by atoms with Gasteiger partial charge in [-0.05, 0) is 106 Å². The fourth-order valence-corrected chi connectivity index (χ4v) is 10.7. The highest BCUT2D eigenvalue weighted by Gasteiger charge is 2.64.